The van der Waals surface area contributed by atoms with Crippen LogP contribution in [0.4, 0.5) is 0 Å². The van der Waals surface area contributed by atoms with Gasteiger partial charge in [-0.05, 0) is 19.8 Å². The summed E-state index contributed by atoms with van der Waals surface area (Å²) >= 11 is 5.73. The van der Waals surface area contributed by atoms with Crippen molar-refractivity contribution in [1.82, 2.24) is 4.31 Å². The highest BCUT2D eigenvalue weighted by Crippen LogP contribution is 2.05. The van der Waals surface area contributed by atoms with Gasteiger partial charge >= 0.3 is 0 Å². The Kier molecular flexibility index (Phi) is 5.92. The third-order valence-corrected chi connectivity index (χ3v) is 4.05. The van der Waals surface area contributed by atoms with Crippen LogP contribution in [0.2, 0.25) is 0 Å². The van der Waals surface area contributed by atoms with Crippen LogP contribution in [-0.2, 0) is 10.0 Å². The number of sulfonamides is 1. The molecule has 80 valence electrons. The Balaban J connectivity index is 4.02. The fourth-order valence-electron chi connectivity index (χ4n) is 0.913. The Bertz CT molecular complexity index is 226. The van der Waals surface area contributed by atoms with E-state index in [-0.39, 0.29) is 11.1 Å². The minimum Gasteiger partial charge on any atom is -0.212 e. The maximum atomic E-state index is 11.4. The largest absolute Gasteiger partial charge is 0.213 e. The summed E-state index contributed by atoms with van der Waals surface area (Å²) < 4.78 is 24.2. The smallest absolute Gasteiger partial charge is 0.212 e. The molecule has 0 bridgehead atoms. The highest BCUT2D eigenvalue weighted by molar-refractivity contribution is 7.89. The van der Waals surface area contributed by atoms with Crippen LogP contribution in [-0.4, -0.2) is 37.4 Å². The molecule has 1 unspecified atom stereocenters. The Morgan fingerprint density at radius 3 is 2.38 bits per heavy atom. The van der Waals surface area contributed by atoms with E-state index in [1.807, 2.05) is 13.8 Å². The van der Waals surface area contributed by atoms with Gasteiger partial charge in [0.1, 0.15) is 0 Å². The van der Waals surface area contributed by atoms with Crippen molar-refractivity contribution in [2.24, 2.45) is 0 Å². The van der Waals surface area contributed by atoms with E-state index in [1.165, 1.54) is 4.31 Å². The molecule has 0 heterocycles. The predicted octanol–water partition coefficient (Wildman–Crippen LogP) is 1.68. The first-order valence-electron chi connectivity index (χ1n) is 4.48. The molecule has 0 radical (unpaired) electrons. The van der Waals surface area contributed by atoms with E-state index >= 15 is 0 Å². The van der Waals surface area contributed by atoms with Crippen molar-refractivity contribution in [1.29, 1.82) is 0 Å². The maximum absolute atomic E-state index is 11.4. The quantitative estimate of drug-likeness (QED) is 0.648. The molecule has 0 spiro atoms. The van der Waals surface area contributed by atoms with Crippen molar-refractivity contribution < 1.29 is 8.42 Å². The van der Waals surface area contributed by atoms with E-state index in [1.54, 1.807) is 7.05 Å². The number of hydrogen-bond acceptors (Lipinski definition) is 2. The fourth-order valence-corrected chi connectivity index (χ4v) is 2.22. The first-order valence-corrected chi connectivity index (χ1v) is 6.52. The average Bonchev–Trinajstić information content (AvgIpc) is 1.99. The molecule has 5 heteroatoms. The summed E-state index contributed by atoms with van der Waals surface area (Å²) in [7, 11) is -1.43. The van der Waals surface area contributed by atoms with Crippen molar-refractivity contribution in [2.45, 2.75) is 32.1 Å². The third kappa shape index (κ3) is 5.49. The monoisotopic (exact) mass is 227 g/mol. The zero-order valence-electron chi connectivity index (χ0n) is 8.46. The lowest BCUT2D eigenvalue weighted by atomic mass is 10.3. The highest BCUT2D eigenvalue weighted by atomic mass is 35.5. The molecule has 0 fully saturated rings. The SMILES string of the molecule is CCCS(=O)(=O)N(C)CCC(C)Cl. The molecular formula is C8H18ClNO2S. The van der Waals surface area contributed by atoms with Gasteiger partial charge in [0.2, 0.25) is 10.0 Å². The second kappa shape index (κ2) is 5.83. The maximum Gasteiger partial charge on any atom is 0.213 e. The van der Waals surface area contributed by atoms with Gasteiger partial charge in [0.05, 0.1) is 5.75 Å². The summed E-state index contributed by atoms with van der Waals surface area (Å²) in [5, 5.41) is 0.0271. The average molecular weight is 228 g/mol. The molecule has 0 aliphatic rings. The number of hydrogen-bond donors (Lipinski definition) is 0. The molecule has 0 aromatic rings. The first-order chi connectivity index (χ1) is 5.90. The summed E-state index contributed by atoms with van der Waals surface area (Å²) in [6.07, 6.45) is 1.35. The van der Waals surface area contributed by atoms with Crippen molar-refractivity contribution in [3.63, 3.8) is 0 Å². The van der Waals surface area contributed by atoms with E-state index < -0.39 is 10.0 Å². The third-order valence-electron chi connectivity index (χ3n) is 1.78. The molecule has 0 aliphatic carbocycles. The summed E-state index contributed by atoms with van der Waals surface area (Å²) in [5.41, 5.74) is 0. The van der Waals surface area contributed by atoms with Crippen molar-refractivity contribution in [3.8, 4) is 0 Å². The first kappa shape index (κ1) is 13.2. The molecule has 13 heavy (non-hydrogen) atoms. The van der Waals surface area contributed by atoms with Gasteiger partial charge in [-0.2, -0.15) is 0 Å². The molecular weight excluding hydrogens is 210 g/mol. The van der Waals surface area contributed by atoms with Gasteiger partial charge in [-0.15, -0.1) is 11.6 Å². The normalized spacial score (nSPS) is 14.8. The summed E-state index contributed by atoms with van der Waals surface area (Å²) in [5.74, 6) is 0.222. The van der Waals surface area contributed by atoms with Crippen molar-refractivity contribution >= 4 is 21.6 Å². The molecule has 0 saturated carbocycles. The lowest BCUT2D eigenvalue weighted by molar-refractivity contribution is 0.460. The Morgan fingerprint density at radius 2 is 2.00 bits per heavy atom. The molecule has 0 N–H and O–H groups in total. The van der Waals surface area contributed by atoms with Crippen LogP contribution >= 0.6 is 11.6 Å². The number of rotatable bonds is 6. The Labute approximate surface area is 86.1 Å². The predicted molar refractivity (Wildman–Crippen MR) is 56.6 cm³/mol. The van der Waals surface area contributed by atoms with Crippen LogP contribution in [0.15, 0.2) is 0 Å². The second-order valence-corrected chi connectivity index (χ2v) is 6.15. The Hall–Kier alpha value is 0.200. The summed E-state index contributed by atoms with van der Waals surface area (Å²) in [6, 6.07) is 0. The standard InChI is InChI=1S/C8H18ClNO2S/c1-4-7-13(11,12)10(3)6-5-8(2)9/h8H,4-7H2,1-3H3. The molecule has 0 saturated heterocycles. The van der Waals surface area contributed by atoms with Crippen LogP contribution in [0, 0.1) is 0 Å². The van der Waals surface area contributed by atoms with Gasteiger partial charge in [-0.3, -0.25) is 0 Å². The van der Waals surface area contributed by atoms with Gasteiger partial charge in [0.15, 0.2) is 0 Å². The Morgan fingerprint density at radius 1 is 1.46 bits per heavy atom. The minimum absolute atomic E-state index is 0.0271. The van der Waals surface area contributed by atoms with Crippen molar-refractivity contribution in [2.75, 3.05) is 19.3 Å². The molecule has 1 atom stereocenters. The van der Waals surface area contributed by atoms with Crippen LogP contribution in [0.1, 0.15) is 26.7 Å². The molecule has 0 aromatic heterocycles. The van der Waals surface area contributed by atoms with Crippen LogP contribution in [0.25, 0.3) is 0 Å². The second-order valence-electron chi connectivity index (χ2n) is 3.21. The van der Waals surface area contributed by atoms with Crippen molar-refractivity contribution in [3.05, 3.63) is 0 Å². The van der Waals surface area contributed by atoms with E-state index in [0.717, 1.165) is 0 Å². The van der Waals surface area contributed by atoms with E-state index in [9.17, 15) is 8.42 Å². The van der Waals surface area contributed by atoms with Gasteiger partial charge in [-0.25, -0.2) is 12.7 Å². The van der Waals surface area contributed by atoms with Gasteiger partial charge in [0.25, 0.3) is 0 Å². The van der Waals surface area contributed by atoms with Gasteiger partial charge in [-0.1, -0.05) is 6.92 Å². The van der Waals surface area contributed by atoms with E-state index in [4.69, 9.17) is 11.6 Å². The lowest BCUT2D eigenvalue weighted by Crippen LogP contribution is -2.30. The van der Waals surface area contributed by atoms with Crippen LogP contribution < -0.4 is 0 Å². The van der Waals surface area contributed by atoms with Gasteiger partial charge < -0.3 is 0 Å². The zero-order chi connectivity index (χ0) is 10.5. The molecule has 0 aromatic carbocycles. The lowest BCUT2D eigenvalue weighted by Gasteiger charge is -2.16. The van der Waals surface area contributed by atoms with E-state index in [2.05, 4.69) is 0 Å². The van der Waals surface area contributed by atoms with Crippen LogP contribution in [0.3, 0.4) is 0 Å². The number of halogens is 1. The number of alkyl halides is 1. The highest BCUT2D eigenvalue weighted by Gasteiger charge is 2.16. The van der Waals surface area contributed by atoms with Crippen LogP contribution in [0.5, 0.6) is 0 Å². The molecule has 0 aliphatic heterocycles. The molecule has 0 rings (SSSR count). The zero-order valence-corrected chi connectivity index (χ0v) is 10.0. The summed E-state index contributed by atoms with van der Waals surface area (Å²) in [4.78, 5) is 0. The van der Waals surface area contributed by atoms with Gasteiger partial charge in [0, 0.05) is 19.0 Å². The molecule has 3 nitrogen and oxygen atoms in total. The van der Waals surface area contributed by atoms with E-state index in [0.29, 0.717) is 19.4 Å². The minimum atomic E-state index is -3.03. The molecule has 0 amide bonds. The topological polar surface area (TPSA) is 37.4 Å². The number of nitrogens with zero attached hydrogens (tertiary/aromatic N) is 1. The summed E-state index contributed by atoms with van der Waals surface area (Å²) in [6.45, 7) is 4.23. The fraction of sp³-hybridized carbons (Fsp3) is 1.00.